The Hall–Kier alpha value is -2.15. The molecule has 4 N–H and O–H groups in total. The lowest BCUT2D eigenvalue weighted by Gasteiger charge is -2.43. The summed E-state index contributed by atoms with van der Waals surface area (Å²) in [5.41, 5.74) is 5.90. The van der Waals surface area contributed by atoms with Crippen molar-refractivity contribution in [2.75, 3.05) is 6.61 Å². The van der Waals surface area contributed by atoms with E-state index in [1.54, 1.807) is 0 Å². The molecule has 158 valence electrons. The van der Waals surface area contributed by atoms with Crippen LogP contribution >= 0.6 is 0 Å². The Morgan fingerprint density at radius 2 is 1.52 bits per heavy atom. The van der Waals surface area contributed by atoms with Gasteiger partial charge in [-0.25, -0.2) is 4.79 Å². The van der Waals surface area contributed by atoms with E-state index in [4.69, 9.17) is 10.2 Å². The molecule has 2 atom stereocenters. The number of carboxylic acid groups (broad SMARTS) is 1. The van der Waals surface area contributed by atoms with Gasteiger partial charge in [0.25, 0.3) is 8.32 Å². The first-order valence-corrected chi connectivity index (χ1v) is 12.1. The molecule has 2 rings (SSSR count). The van der Waals surface area contributed by atoms with Crippen LogP contribution in [0.1, 0.15) is 40.5 Å². The number of benzene rings is 2. The number of rotatable bonds is 9. The Morgan fingerprint density at radius 1 is 1.03 bits per heavy atom. The predicted octanol–water partition coefficient (Wildman–Crippen LogP) is 3.33. The molecule has 0 saturated carbocycles. The van der Waals surface area contributed by atoms with Crippen LogP contribution in [-0.2, 0) is 4.43 Å². The fourth-order valence-corrected chi connectivity index (χ4v) is 8.43. The minimum Gasteiger partial charge on any atom is -0.465 e. The van der Waals surface area contributed by atoms with Crippen molar-refractivity contribution >= 4 is 24.8 Å². The lowest BCUT2D eigenvalue weighted by Crippen LogP contribution is -2.67. The van der Waals surface area contributed by atoms with Crippen molar-refractivity contribution in [1.82, 2.24) is 5.32 Å². The maximum Gasteiger partial charge on any atom is 0.404 e. The molecule has 0 fully saturated rings. The number of hydrogen-bond acceptors (Lipinski definition) is 3. The molecule has 0 radical (unpaired) electrons. The van der Waals surface area contributed by atoms with Gasteiger partial charge in [-0.05, 0) is 35.2 Å². The quantitative estimate of drug-likeness (QED) is 0.550. The molecule has 1 amide bonds. The molecule has 0 spiro atoms. The minimum absolute atomic E-state index is 0.0148. The van der Waals surface area contributed by atoms with Gasteiger partial charge in [-0.1, -0.05) is 81.4 Å². The van der Waals surface area contributed by atoms with Crippen LogP contribution in [0.3, 0.4) is 0 Å². The highest BCUT2D eigenvalue weighted by Crippen LogP contribution is 2.36. The molecule has 2 aromatic rings. The van der Waals surface area contributed by atoms with Crippen molar-refractivity contribution in [2.45, 2.75) is 57.7 Å². The van der Waals surface area contributed by atoms with E-state index < -0.39 is 14.4 Å². The molecular formula is C23H34N2O3Si. The fourth-order valence-electron chi connectivity index (χ4n) is 3.82. The van der Waals surface area contributed by atoms with Crippen molar-refractivity contribution < 1.29 is 14.3 Å². The molecule has 5 nitrogen and oxygen atoms in total. The Kier molecular flexibility index (Phi) is 8.02. The van der Waals surface area contributed by atoms with Gasteiger partial charge in [0, 0.05) is 6.04 Å². The molecule has 29 heavy (non-hydrogen) atoms. The van der Waals surface area contributed by atoms with E-state index in [0.717, 1.165) is 6.42 Å². The summed E-state index contributed by atoms with van der Waals surface area (Å²) < 4.78 is 6.83. The maximum atomic E-state index is 11.3. The van der Waals surface area contributed by atoms with Crippen LogP contribution in [0.5, 0.6) is 0 Å². The average molecular weight is 415 g/mol. The predicted molar refractivity (Wildman–Crippen MR) is 121 cm³/mol. The Morgan fingerprint density at radius 3 is 1.90 bits per heavy atom. The number of hydrogen-bond donors (Lipinski definition) is 3. The lowest BCUT2D eigenvalue weighted by molar-refractivity contribution is 0.176. The van der Waals surface area contributed by atoms with Gasteiger partial charge in [0.05, 0.1) is 12.6 Å². The average Bonchev–Trinajstić information content (AvgIpc) is 2.66. The third-order valence-electron chi connectivity index (χ3n) is 5.22. The molecule has 0 saturated heterocycles. The molecule has 0 aromatic heterocycles. The van der Waals surface area contributed by atoms with Crippen LogP contribution in [0.4, 0.5) is 4.79 Å². The number of nitrogens with one attached hydrogen (secondary N) is 1. The summed E-state index contributed by atoms with van der Waals surface area (Å²) in [4.78, 5) is 11.3. The van der Waals surface area contributed by atoms with Crippen LogP contribution in [0.15, 0.2) is 60.7 Å². The summed E-state index contributed by atoms with van der Waals surface area (Å²) in [5, 5.41) is 14.1. The molecular weight excluding hydrogens is 380 g/mol. The molecule has 0 unspecified atom stereocenters. The Labute approximate surface area is 175 Å². The summed E-state index contributed by atoms with van der Waals surface area (Å²) in [6, 6.07) is 20.4. The van der Waals surface area contributed by atoms with Crippen LogP contribution in [0.2, 0.25) is 5.04 Å². The minimum atomic E-state index is -2.68. The van der Waals surface area contributed by atoms with Crippen molar-refractivity contribution in [3.63, 3.8) is 0 Å². The summed E-state index contributed by atoms with van der Waals surface area (Å²) in [7, 11) is -2.68. The Bertz CT molecular complexity index is 721. The summed E-state index contributed by atoms with van der Waals surface area (Å²) in [5.74, 6) is 0. The SMILES string of the molecule is C[C@H](N)CC[C@@H](CO[Si](c1ccccc1)(c1ccccc1)C(C)(C)C)NC(=O)O. The maximum absolute atomic E-state index is 11.3. The zero-order valence-corrected chi connectivity index (χ0v) is 18.9. The van der Waals surface area contributed by atoms with E-state index in [9.17, 15) is 9.90 Å². The molecule has 6 heteroatoms. The summed E-state index contributed by atoms with van der Waals surface area (Å²) in [6.07, 6.45) is 0.336. The molecule has 0 aliphatic heterocycles. The van der Waals surface area contributed by atoms with Gasteiger partial charge in [-0.15, -0.1) is 0 Å². The van der Waals surface area contributed by atoms with Gasteiger partial charge >= 0.3 is 6.09 Å². The highest BCUT2D eigenvalue weighted by atomic mass is 28.4. The number of carbonyl (C=O) groups is 1. The van der Waals surface area contributed by atoms with Crippen molar-refractivity contribution in [3.05, 3.63) is 60.7 Å². The molecule has 0 heterocycles. The topological polar surface area (TPSA) is 84.6 Å². The van der Waals surface area contributed by atoms with Crippen LogP contribution in [0, 0.1) is 0 Å². The largest absolute Gasteiger partial charge is 0.465 e. The highest BCUT2D eigenvalue weighted by Gasteiger charge is 2.50. The van der Waals surface area contributed by atoms with Gasteiger partial charge in [-0.2, -0.15) is 0 Å². The number of amides is 1. The van der Waals surface area contributed by atoms with Crippen molar-refractivity contribution in [2.24, 2.45) is 5.73 Å². The zero-order valence-electron chi connectivity index (χ0n) is 17.9. The van der Waals surface area contributed by atoms with Gasteiger partial charge in [0.2, 0.25) is 0 Å². The highest BCUT2D eigenvalue weighted by molar-refractivity contribution is 6.99. The first-order valence-electron chi connectivity index (χ1n) is 10.2. The van der Waals surface area contributed by atoms with Crippen LogP contribution in [-0.4, -0.2) is 38.2 Å². The normalized spacial score (nSPS) is 14.2. The van der Waals surface area contributed by atoms with E-state index in [1.807, 2.05) is 43.3 Å². The fraction of sp³-hybridized carbons (Fsp3) is 0.435. The summed E-state index contributed by atoms with van der Waals surface area (Å²) >= 11 is 0. The van der Waals surface area contributed by atoms with E-state index in [1.165, 1.54) is 10.4 Å². The van der Waals surface area contributed by atoms with Crippen LogP contribution < -0.4 is 21.4 Å². The third-order valence-corrected chi connectivity index (χ3v) is 10.2. The third kappa shape index (κ3) is 5.92. The monoisotopic (exact) mass is 414 g/mol. The standard InChI is InChI=1S/C23H34N2O3Si/c1-18(24)15-16-19(25-22(26)27)17-28-29(23(2,3)4,20-11-7-5-8-12-20)21-13-9-6-10-14-21/h5-14,18-19,25H,15-17,24H2,1-4H3,(H,26,27)/t18-,19-/m0/s1. The van der Waals surface area contributed by atoms with Crippen LogP contribution in [0.25, 0.3) is 0 Å². The molecule has 0 aliphatic carbocycles. The lowest BCUT2D eigenvalue weighted by atomic mass is 10.1. The van der Waals surface area contributed by atoms with Crippen molar-refractivity contribution in [1.29, 1.82) is 0 Å². The zero-order chi connectivity index (χ0) is 21.5. The second-order valence-electron chi connectivity index (χ2n) is 8.68. The van der Waals surface area contributed by atoms with E-state index in [2.05, 4.69) is 50.4 Å². The second kappa shape index (κ2) is 10.0. The van der Waals surface area contributed by atoms with Gasteiger partial charge in [0.1, 0.15) is 0 Å². The van der Waals surface area contributed by atoms with Gasteiger partial charge < -0.3 is 20.6 Å². The van der Waals surface area contributed by atoms with E-state index >= 15 is 0 Å². The second-order valence-corrected chi connectivity index (χ2v) is 13.0. The van der Waals surface area contributed by atoms with Gasteiger partial charge in [-0.3, -0.25) is 0 Å². The molecule has 0 aliphatic rings. The van der Waals surface area contributed by atoms with E-state index in [0.29, 0.717) is 13.0 Å². The Balaban J connectivity index is 2.45. The smallest absolute Gasteiger partial charge is 0.404 e. The molecule has 0 bridgehead atoms. The number of nitrogens with two attached hydrogens (primary N) is 1. The van der Waals surface area contributed by atoms with Gasteiger partial charge in [0.15, 0.2) is 0 Å². The molecule has 2 aromatic carbocycles. The summed E-state index contributed by atoms with van der Waals surface area (Å²) in [6.45, 7) is 8.87. The first-order chi connectivity index (χ1) is 13.7. The van der Waals surface area contributed by atoms with E-state index in [-0.39, 0.29) is 17.1 Å². The van der Waals surface area contributed by atoms with Crippen molar-refractivity contribution in [3.8, 4) is 0 Å². The first kappa shape index (κ1) is 23.1.